The number of nitrogens with one attached hydrogen (secondary N) is 1. The minimum Gasteiger partial charge on any atom is -0.428 e. The fourth-order valence-corrected chi connectivity index (χ4v) is 4.15. The molecule has 0 aliphatic carbocycles. The van der Waals surface area contributed by atoms with E-state index in [0.717, 1.165) is 44.4 Å². The maximum absolute atomic E-state index is 12.4. The number of hydrogen-bond donors (Lipinski definition) is 1. The van der Waals surface area contributed by atoms with Crippen molar-refractivity contribution < 1.29 is 9.21 Å². The third kappa shape index (κ3) is 5.29. The maximum atomic E-state index is 12.4. The molecule has 8 heteroatoms. The summed E-state index contributed by atoms with van der Waals surface area (Å²) in [5, 5.41) is 11.4. The lowest BCUT2D eigenvalue weighted by atomic mass is 10.1. The molecule has 3 aromatic heterocycles. The first-order valence-electron chi connectivity index (χ1n) is 9.80. The summed E-state index contributed by atoms with van der Waals surface area (Å²) < 4.78 is 5.15. The summed E-state index contributed by atoms with van der Waals surface area (Å²) in [6.45, 7) is 3.98. The van der Waals surface area contributed by atoms with Gasteiger partial charge >= 0.3 is 0 Å². The van der Waals surface area contributed by atoms with Gasteiger partial charge in [0.05, 0.1) is 15.6 Å². The Kier molecular flexibility index (Phi) is 6.28. The predicted octanol–water partition coefficient (Wildman–Crippen LogP) is 4.64. The fourth-order valence-electron chi connectivity index (χ4n) is 3.19. The van der Waals surface area contributed by atoms with Crippen LogP contribution in [0.15, 0.2) is 59.6 Å². The van der Waals surface area contributed by atoms with Crippen LogP contribution in [0.3, 0.4) is 0 Å². The molecular weight excluding hydrogens is 410 g/mol. The Morgan fingerprint density at radius 2 is 2.00 bits per heavy atom. The molecule has 1 amide bonds. The van der Waals surface area contributed by atoms with E-state index in [1.165, 1.54) is 12.5 Å². The van der Waals surface area contributed by atoms with Crippen LogP contribution >= 0.6 is 11.3 Å². The first-order chi connectivity index (χ1) is 15.1. The number of nitrogens with zero attached hydrogens (tertiary/aromatic N) is 4. The lowest BCUT2D eigenvalue weighted by Gasteiger charge is -2.05. The largest absolute Gasteiger partial charge is 0.428 e. The minimum absolute atomic E-state index is 0.203. The van der Waals surface area contributed by atoms with Gasteiger partial charge in [-0.3, -0.25) is 9.78 Å². The van der Waals surface area contributed by atoms with Crippen LogP contribution in [0.2, 0.25) is 0 Å². The van der Waals surface area contributed by atoms with E-state index in [9.17, 15) is 4.79 Å². The molecule has 156 valence electrons. The Labute approximate surface area is 183 Å². The quantitative estimate of drug-likeness (QED) is 0.428. The van der Waals surface area contributed by atoms with E-state index < -0.39 is 0 Å². The summed E-state index contributed by atoms with van der Waals surface area (Å²) in [5.74, 6) is 0.409. The van der Waals surface area contributed by atoms with Crippen molar-refractivity contribution in [2.24, 2.45) is 0 Å². The van der Waals surface area contributed by atoms with Gasteiger partial charge in [0.2, 0.25) is 18.2 Å². The van der Waals surface area contributed by atoms with Crippen LogP contribution < -0.4 is 5.32 Å². The summed E-state index contributed by atoms with van der Waals surface area (Å²) in [6.07, 6.45) is 9.61. The molecule has 1 N–H and O–H groups in total. The number of benzene rings is 1. The molecule has 0 unspecified atom stereocenters. The second-order valence-corrected chi connectivity index (χ2v) is 8.17. The molecule has 1 aromatic carbocycles. The Morgan fingerprint density at radius 1 is 1.16 bits per heavy atom. The van der Waals surface area contributed by atoms with Gasteiger partial charge in [0, 0.05) is 41.7 Å². The average Bonchev–Trinajstić information content (AvgIpc) is 3.41. The van der Waals surface area contributed by atoms with E-state index in [-0.39, 0.29) is 5.91 Å². The third-order valence-corrected chi connectivity index (χ3v) is 5.77. The first-order valence-corrected chi connectivity index (χ1v) is 10.6. The number of carbonyl (C=O) groups excluding carboxylic acids is 1. The molecule has 4 rings (SSSR count). The molecule has 0 spiro atoms. The number of thiazole rings is 1. The van der Waals surface area contributed by atoms with Gasteiger partial charge in [-0.2, -0.15) is 0 Å². The van der Waals surface area contributed by atoms with Crippen molar-refractivity contribution in [1.82, 2.24) is 20.2 Å². The van der Waals surface area contributed by atoms with E-state index in [2.05, 4.69) is 25.5 Å². The standard InChI is InChI=1S/C23H21N5O2S/c1-15-23(31-16(2)26-15)20-11-12-24-13-18(20)6-9-21(29)27-19-7-3-17(4-8-19)5-10-22-28-25-14-30-22/h3-4,6-9,11-14H,5,10H2,1-2H3,(H,27,29)/b9-6+. The van der Waals surface area contributed by atoms with E-state index in [4.69, 9.17) is 4.42 Å². The van der Waals surface area contributed by atoms with E-state index in [1.807, 2.05) is 44.2 Å². The zero-order chi connectivity index (χ0) is 21.6. The van der Waals surface area contributed by atoms with Crippen molar-refractivity contribution in [3.63, 3.8) is 0 Å². The second kappa shape index (κ2) is 9.44. The highest BCUT2D eigenvalue weighted by atomic mass is 32.1. The molecule has 0 aliphatic heterocycles. The Morgan fingerprint density at radius 3 is 2.71 bits per heavy atom. The Bertz CT molecular complexity index is 1200. The molecule has 3 heterocycles. The number of hydrogen-bond acceptors (Lipinski definition) is 7. The monoisotopic (exact) mass is 431 g/mol. The highest BCUT2D eigenvalue weighted by Crippen LogP contribution is 2.32. The van der Waals surface area contributed by atoms with Gasteiger partial charge < -0.3 is 9.73 Å². The molecule has 7 nitrogen and oxygen atoms in total. The molecule has 0 saturated heterocycles. The Hall–Kier alpha value is -3.65. The van der Waals surface area contributed by atoms with E-state index >= 15 is 0 Å². The third-order valence-electron chi connectivity index (χ3n) is 4.67. The van der Waals surface area contributed by atoms with Gasteiger partial charge in [0.1, 0.15) is 0 Å². The van der Waals surface area contributed by atoms with Crippen molar-refractivity contribution in [3.8, 4) is 10.4 Å². The molecule has 0 aliphatic rings. The predicted molar refractivity (Wildman–Crippen MR) is 121 cm³/mol. The maximum Gasteiger partial charge on any atom is 0.248 e. The van der Waals surface area contributed by atoms with E-state index in [0.29, 0.717) is 12.3 Å². The average molecular weight is 432 g/mol. The summed E-state index contributed by atoms with van der Waals surface area (Å²) in [6, 6.07) is 9.67. The number of rotatable bonds is 7. The molecule has 0 atom stereocenters. The van der Waals surface area contributed by atoms with Crippen LogP contribution in [0.4, 0.5) is 5.69 Å². The molecule has 0 fully saturated rings. The van der Waals surface area contributed by atoms with Crippen molar-refractivity contribution in [3.05, 3.63) is 82.9 Å². The number of aromatic nitrogens is 4. The first kappa shape index (κ1) is 20.6. The van der Waals surface area contributed by atoms with Crippen LogP contribution in [-0.2, 0) is 17.6 Å². The fraction of sp³-hybridized carbons (Fsp3) is 0.174. The van der Waals surface area contributed by atoms with Crippen molar-refractivity contribution in [2.45, 2.75) is 26.7 Å². The lowest BCUT2D eigenvalue weighted by Crippen LogP contribution is -2.07. The van der Waals surface area contributed by atoms with Gasteiger partial charge in [-0.25, -0.2) is 4.98 Å². The van der Waals surface area contributed by atoms with Gasteiger partial charge in [0.25, 0.3) is 0 Å². The summed E-state index contributed by atoms with van der Waals surface area (Å²) >= 11 is 1.64. The summed E-state index contributed by atoms with van der Waals surface area (Å²) in [4.78, 5) is 22.2. The lowest BCUT2D eigenvalue weighted by molar-refractivity contribution is -0.111. The van der Waals surface area contributed by atoms with Crippen LogP contribution in [-0.4, -0.2) is 26.1 Å². The summed E-state index contributed by atoms with van der Waals surface area (Å²) in [7, 11) is 0. The van der Waals surface area contributed by atoms with Crippen LogP contribution in [0.5, 0.6) is 0 Å². The van der Waals surface area contributed by atoms with Gasteiger partial charge in [-0.15, -0.1) is 21.5 Å². The van der Waals surface area contributed by atoms with Crippen molar-refractivity contribution in [1.29, 1.82) is 0 Å². The van der Waals surface area contributed by atoms with Crippen molar-refractivity contribution in [2.75, 3.05) is 5.32 Å². The highest BCUT2D eigenvalue weighted by Gasteiger charge is 2.11. The van der Waals surface area contributed by atoms with Gasteiger partial charge in [-0.05, 0) is 50.1 Å². The van der Waals surface area contributed by atoms with Gasteiger partial charge in [0.15, 0.2) is 0 Å². The highest BCUT2D eigenvalue weighted by molar-refractivity contribution is 7.15. The SMILES string of the molecule is Cc1nc(C)c(-c2ccncc2/C=C/C(=O)Nc2ccc(CCc3nnco3)cc2)s1. The number of aryl methyl sites for hydroxylation is 4. The van der Waals surface area contributed by atoms with Crippen LogP contribution in [0.25, 0.3) is 16.5 Å². The smallest absolute Gasteiger partial charge is 0.248 e. The molecule has 0 saturated carbocycles. The van der Waals surface area contributed by atoms with Crippen LogP contribution in [0, 0.1) is 13.8 Å². The zero-order valence-corrected chi connectivity index (χ0v) is 18.0. The van der Waals surface area contributed by atoms with E-state index in [1.54, 1.807) is 29.8 Å². The number of anilines is 1. The minimum atomic E-state index is -0.203. The molecule has 0 radical (unpaired) electrons. The molecule has 0 bridgehead atoms. The number of carbonyl (C=O) groups is 1. The Balaban J connectivity index is 1.39. The number of pyridine rings is 1. The molecular formula is C23H21N5O2S. The topological polar surface area (TPSA) is 93.8 Å². The molecule has 4 aromatic rings. The van der Waals surface area contributed by atoms with Crippen LogP contribution in [0.1, 0.15) is 27.7 Å². The summed E-state index contributed by atoms with van der Waals surface area (Å²) in [5.41, 5.74) is 4.74. The molecule has 31 heavy (non-hydrogen) atoms. The normalized spacial score (nSPS) is 11.2. The van der Waals surface area contributed by atoms with Gasteiger partial charge in [-0.1, -0.05) is 12.1 Å². The van der Waals surface area contributed by atoms with Crippen molar-refractivity contribution >= 4 is 29.0 Å². The number of amides is 1. The second-order valence-electron chi connectivity index (χ2n) is 6.96. The zero-order valence-electron chi connectivity index (χ0n) is 17.2.